The summed E-state index contributed by atoms with van der Waals surface area (Å²) in [6.07, 6.45) is -0.716. The highest BCUT2D eigenvalue weighted by Crippen LogP contribution is 2.44. The molecule has 0 saturated carbocycles. The van der Waals surface area contributed by atoms with Gasteiger partial charge in [-0.25, -0.2) is 0 Å². The second kappa shape index (κ2) is 7.64. The molecule has 3 aromatic rings. The van der Waals surface area contributed by atoms with Gasteiger partial charge in [0.05, 0.1) is 14.2 Å². The number of ketones is 1. The van der Waals surface area contributed by atoms with Crippen LogP contribution in [0.5, 0.6) is 23.0 Å². The summed E-state index contributed by atoms with van der Waals surface area (Å²) in [5.41, 5.74) is 2.21. The molecule has 0 saturated heterocycles. The quantitative estimate of drug-likeness (QED) is 0.629. The van der Waals surface area contributed by atoms with Crippen LogP contribution in [0.1, 0.15) is 27.6 Å². The summed E-state index contributed by atoms with van der Waals surface area (Å²) in [6, 6.07) is 20.5. The smallest absolute Gasteiger partial charge is 0.215 e. The number of methoxy groups -OCH3 is 2. The van der Waals surface area contributed by atoms with Crippen LogP contribution in [0.3, 0.4) is 0 Å². The van der Waals surface area contributed by atoms with Crippen LogP contribution in [0, 0.1) is 0 Å². The number of benzene rings is 3. The Morgan fingerprint density at radius 2 is 1.61 bits per heavy atom. The summed E-state index contributed by atoms with van der Waals surface area (Å²) in [7, 11) is 3.17. The van der Waals surface area contributed by atoms with Gasteiger partial charge in [0, 0.05) is 17.7 Å². The molecule has 0 aliphatic carbocycles. The Balaban J connectivity index is 1.64. The number of Topliss-reactive ketones (excluding diaryl/α,β-unsaturated/α-hetero) is 1. The van der Waals surface area contributed by atoms with Crippen LogP contribution in [0.2, 0.25) is 0 Å². The Kier molecular flexibility index (Phi) is 4.89. The highest BCUT2D eigenvalue weighted by molar-refractivity contribution is 6.07. The van der Waals surface area contributed by atoms with Crippen molar-refractivity contribution in [3.8, 4) is 23.0 Å². The van der Waals surface area contributed by atoms with Crippen LogP contribution >= 0.6 is 0 Å². The second-order valence-corrected chi connectivity index (χ2v) is 6.41. The topological polar surface area (TPSA) is 54.0 Å². The van der Waals surface area contributed by atoms with Gasteiger partial charge in [0.25, 0.3) is 0 Å². The third kappa shape index (κ3) is 3.39. The van der Waals surface area contributed by atoms with Gasteiger partial charge in [-0.15, -0.1) is 0 Å². The van der Waals surface area contributed by atoms with Crippen molar-refractivity contribution in [3.63, 3.8) is 0 Å². The predicted octanol–water partition coefficient (Wildman–Crippen LogP) is 4.60. The van der Waals surface area contributed by atoms with E-state index in [0.29, 0.717) is 29.4 Å². The van der Waals surface area contributed by atoms with E-state index < -0.39 is 6.10 Å². The van der Waals surface area contributed by atoms with E-state index >= 15 is 0 Å². The SMILES string of the molecule is COc1ccc(C2Oc3cc(OC)cc(OCc4ccccc4)c3C2=O)cc1. The number of hydrogen-bond acceptors (Lipinski definition) is 5. The first kappa shape index (κ1) is 17.9. The Morgan fingerprint density at radius 1 is 0.893 bits per heavy atom. The molecule has 3 aromatic carbocycles. The van der Waals surface area contributed by atoms with Crippen LogP contribution < -0.4 is 18.9 Å². The predicted molar refractivity (Wildman–Crippen MR) is 104 cm³/mol. The van der Waals surface area contributed by atoms with Gasteiger partial charge in [0.15, 0.2) is 6.10 Å². The van der Waals surface area contributed by atoms with Gasteiger partial charge >= 0.3 is 0 Å². The van der Waals surface area contributed by atoms with Crippen molar-refractivity contribution in [1.29, 1.82) is 0 Å². The number of rotatable bonds is 6. The first-order valence-corrected chi connectivity index (χ1v) is 8.93. The lowest BCUT2D eigenvalue weighted by Crippen LogP contribution is -2.11. The van der Waals surface area contributed by atoms with Gasteiger partial charge in [-0.2, -0.15) is 0 Å². The molecule has 28 heavy (non-hydrogen) atoms. The van der Waals surface area contributed by atoms with Crippen LogP contribution in [0.15, 0.2) is 66.7 Å². The van der Waals surface area contributed by atoms with Crippen LogP contribution in [-0.2, 0) is 6.61 Å². The first-order valence-electron chi connectivity index (χ1n) is 8.93. The Bertz CT molecular complexity index is 980. The van der Waals surface area contributed by atoms with E-state index in [1.54, 1.807) is 26.4 Å². The number of fused-ring (bicyclic) bond motifs is 1. The molecular formula is C23H20O5. The fourth-order valence-corrected chi connectivity index (χ4v) is 3.18. The lowest BCUT2D eigenvalue weighted by molar-refractivity contribution is 0.0855. The lowest BCUT2D eigenvalue weighted by Gasteiger charge is -2.11. The maximum absolute atomic E-state index is 13.1. The van der Waals surface area contributed by atoms with Gasteiger partial charge in [0.1, 0.15) is 35.2 Å². The minimum Gasteiger partial charge on any atom is -0.497 e. The number of carbonyl (C=O) groups is 1. The van der Waals surface area contributed by atoms with E-state index in [1.165, 1.54) is 0 Å². The van der Waals surface area contributed by atoms with E-state index in [4.69, 9.17) is 18.9 Å². The van der Waals surface area contributed by atoms with Crippen molar-refractivity contribution in [2.45, 2.75) is 12.7 Å². The van der Waals surface area contributed by atoms with E-state index in [1.807, 2.05) is 54.6 Å². The van der Waals surface area contributed by atoms with Crippen molar-refractivity contribution in [2.75, 3.05) is 14.2 Å². The fourth-order valence-electron chi connectivity index (χ4n) is 3.18. The molecule has 1 heterocycles. The van der Waals surface area contributed by atoms with E-state index in [2.05, 4.69) is 0 Å². The Hall–Kier alpha value is -3.47. The molecule has 0 radical (unpaired) electrons. The van der Waals surface area contributed by atoms with Crippen molar-refractivity contribution in [2.24, 2.45) is 0 Å². The van der Waals surface area contributed by atoms with Crippen LogP contribution in [-0.4, -0.2) is 20.0 Å². The molecule has 142 valence electrons. The van der Waals surface area contributed by atoms with Gasteiger partial charge in [-0.3, -0.25) is 4.79 Å². The zero-order valence-corrected chi connectivity index (χ0v) is 15.7. The lowest BCUT2D eigenvalue weighted by atomic mass is 10.0. The van der Waals surface area contributed by atoms with E-state index in [0.717, 1.165) is 16.9 Å². The highest BCUT2D eigenvalue weighted by atomic mass is 16.5. The maximum Gasteiger partial charge on any atom is 0.215 e. The number of ether oxygens (including phenoxy) is 4. The molecule has 1 aliphatic heterocycles. The zero-order valence-electron chi connectivity index (χ0n) is 15.7. The third-order valence-corrected chi connectivity index (χ3v) is 4.66. The third-order valence-electron chi connectivity index (χ3n) is 4.66. The molecule has 0 amide bonds. The van der Waals surface area contributed by atoms with Crippen LogP contribution in [0.4, 0.5) is 0 Å². The Morgan fingerprint density at radius 3 is 2.29 bits per heavy atom. The zero-order chi connectivity index (χ0) is 19.5. The number of carbonyl (C=O) groups excluding carboxylic acids is 1. The number of hydrogen-bond donors (Lipinski definition) is 0. The Labute approximate surface area is 163 Å². The molecule has 0 N–H and O–H groups in total. The molecule has 5 nitrogen and oxygen atoms in total. The van der Waals surface area contributed by atoms with Gasteiger partial charge < -0.3 is 18.9 Å². The minimum atomic E-state index is -0.716. The summed E-state index contributed by atoms with van der Waals surface area (Å²) in [6.45, 7) is 0.348. The molecule has 1 atom stereocenters. The first-order chi connectivity index (χ1) is 13.7. The molecule has 4 rings (SSSR count). The molecule has 0 fully saturated rings. The van der Waals surface area contributed by atoms with Crippen LogP contribution in [0.25, 0.3) is 0 Å². The van der Waals surface area contributed by atoms with Gasteiger partial charge in [-0.1, -0.05) is 42.5 Å². The van der Waals surface area contributed by atoms with Crippen molar-refractivity contribution >= 4 is 5.78 Å². The largest absolute Gasteiger partial charge is 0.497 e. The monoisotopic (exact) mass is 376 g/mol. The van der Waals surface area contributed by atoms with Crippen molar-refractivity contribution in [1.82, 2.24) is 0 Å². The van der Waals surface area contributed by atoms with E-state index in [-0.39, 0.29) is 5.78 Å². The van der Waals surface area contributed by atoms with E-state index in [9.17, 15) is 4.79 Å². The molecule has 5 heteroatoms. The maximum atomic E-state index is 13.1. The summed E-state index contributed by atoms with van der Waals surface area (Å²) in [4.78, 5) is 13.1. The standard InChI is InChI=1S/C23H20O5/c1-25-17-10-8-16(9-11-17)23-22(24)21-19(12-18(26-2)13-20(21)28-23)27-14-15-6-4-3-5-7-15/h3-13,23H,14H2,1-2H3. The molecule has 0 aromatic heterocycles. The molecular weight excluding hydrogens is 356 g/mol. The molecule has 0 spiro atoms. The average molecular weight is 376 g/mol. The fraction of sp³-hybridized carbons (Fsp3) is 0.174. The summed E-state index contributed by atoms with van der Waals surface area (Å²) >= 11 is 0. The molecule has 0 bridgehead atoms. The highest BCUT2D eigenvalue weighted by Gasteiger charge is 2.37. The van der Waals surface area contributed by atoms with Gasteiger partial charge in [0.2, 0.25) is 5.78 Å². The normalized spacial score (nSPS) is 14.9. The van der Waals surface area contributed by atoms with Crippen molar-refractivity contribution in [3.05, 3.63) is 83.4 Å². The van der Waals surface area contributed by atoms with Crippen molar-refractivity contribution < 1.29 is 23.7 Å². The summed E-state index contributed by atoms with van der Waals surface area (Å²) in [5, 5.41) is 0. The summed E-state index contributed by atoms with van der Waals surface area (Å²) < 4.78 is 22.5. The molecule has 1 aliphatic rings. The molecule has 1 unspecified atom stereocenters. The summed E-state index contributed by atoms with van der Waals surface area (Å²) in [5.74, 6) is 2.09. The second-order valence-electron chi connectivity index (χ2n) is 6.41. The van der Waals surface area contributed by atoms with Gasteiger partial charge in [-0.05, 0) is 17.7 Å². The average Bonchev–Trinajstić information content (AvgIpc) is 3.09. The minimum absolute atomic E-state index is 0.133.